The molecule has 2 heteroatoms. The SMILES string of the molecule is CC1(C)C=C(c2ccc(F)cc2)C=C(c2ccc(F)cc2)C1. The van der Waals surface area contributed by atoms with Crippen molar-refractivity contribution in [1.82, 2.24) is 0 Å². The molecule has 22 heavy (non-hydrogen) atoms. The van der Waals surface area contributed by atoms with E-state index in [1.165, 1.54) is 29.8 Å². The van der Waals surface area contributed by atoms with Crippen LogP contribution in [-0.4, -0.2) is 0 Å². The van der Waals surface area contributed by atoms with Crippen LogP contribution in [0.3, 0.4) is 0 Å². The summed E-state index contributed by atoms with van der Waals surface area (Å²) in [6.45, 7) is 4.35. The molecule has 0 saturated heterocycles. The van der Waals surface area contributed by atoms with Crippen molar-refractivity contribution in [2.45, 2.75) is 20.3 Å². The molecule has 0 amide bonds. The Balaban J connectivity index is 2.03. The molecule has 0 heterocycles. The summed E-state index contributed by atoms with van der Waals surface area (Å²) in [6, 6.07) is 13.1. The first kappa shape index (κ1) is 14.7. The zero-order chi connectivity index (χ0) is 15.7. The largest absolute Gasteiger partial charge is 0.207 e. The van der Waals surface area contributed by atoms with E-state index in [0.717, 1.165) is 23.1 Å². The van der Waals surface area contributed by atoms with Crippen LogP contribution >= 0.6 is 0 Å². The van der Waals surface area contributed by atoms with Crippen molar-refractivity contribution in [2.75, 3.05) is 0 Å². The molecule has 2 aromatic rings. The summed E-state index contributed by atoms with van der Waals surface area (Å²) in [5.74, 6) is -0.462. The molecule has 0 radical (unpaired) electrons. The third-order valence-electron chi connectivity index (χ3n) is 3.91. The van der Waals surface area contributed by atoms with Gasteiger partial charge in [-0.3, -0.25) is 0 Å². The average molecular weight is 296 g/mol. The lowest BCUT2D eigenvalue weighted by atomic mass is 9.76. The van der Waals surface area contributed by atoms with E-state index in [1.807, 2.05) is 12.1 Å². The predicted octanol–water partition coefficient (Wildman–Crippen LogP) is 5.86. The number of hydrogen-bond acceptors (Lipinski definition) is 0. The number of hydrogen-bond donors (Lipinski definition) is 0. The zero-order valence-corrected chi connectivity index (χ0v) is 12.7. The fraction of sp³-hybridized carbons (Fsp3) is 0.200. The molecule has 0 N–H and O–H groups in total. The molecule has 0 saturated carbocycles. The van der Waals surface area contributed by atoms with Gasteiger partial charge < -0.3 is 0 Å². The van der Waals surface area contributed by atoms with Crippen LogP contribution in [0.25, 0.3) is 11.1 Å². The van der Waals surface area contributed by atoms with Crippen molar-refractivity contribution in [3.8, 4) is 0 Å². The minimum absolute atomic E-state index is 0.00217. The van der Waals surface area contributed by atoms with Gasteiger partial charge in [-0.15, -0.1) is 0 Å². The lowest BCUT2D eigenvalue weighted by Crippen LogP contribution is -2.13. The minimum atomic E-state index is -0.234. The number of halogens is 2. The highest BCUT2D eigenvalue weighted by Gasteiger charge is 2.23. The van der Waals surface area contributed by atoms with Crippen LogP contribution in [0.5, 0.6) is 0 Å². The molecule has 112 valence electrons. The smallest absolute Gasteiger partial charge is 0.123 e. The van der Waals surface area contributed by atoms with E-state index in [0.29, 0.717) is 0 Å². The molecule has 0 atom stereocenters. The van der Waals surface area contributed by atoms with E-state index in [1.54, 1.807) is 12.1 Å². The predicted molar refractivity (Wildman–Crippen MR) is 87.2 cm³/mol. The molecule has 0 aliphatic heterocycles. The van der Waals surface area contributed by atoms with Crippen molar-refractivity contribution in [2.24, 2.45) is 5.41 Å². The van der Waals surface area contributed by atoms with Crippen LogP contribution in [0, 0.1) is 17.0 Å². The van der Waals surface area contributed by atoms with Crippen LogP contribution in [0.2, 0.25) is 0 Å². The molecule has 1 aliphatic rings. The number of benzene rings is 2. The van der Waals surface area contributed by atoms with Crippen LogP contribution < -0.4 is 0 Å². The van der Waals surface area contributed by atoms with E-state index in [4.69, 9.17) is 0 Å². The number of allylic oxidation sites excluding steroid dienone is 4. The molecule has 0 fully saturated rings. The third kappa shape index (κ3) is 3.16. The second-order valence-corrected chi connectivity index (χ2v) is 6.45. The summed E-state index contributed by atoms with van der Waals surface area (Å²) in [4.78, 5) is 0. The fourth-order valence-corrected chi connectivity index (χ4v) is 2.90. The van der Waals surface area contributed by atoms with E-state index in [2.05, 4.69) is 26.0 Å². The van der Waals surface area contributed by atoms with Gasteiger partial charge in [0.25, 0.3) is 0 Å². The van der Waals surface area contributed by atoms with Crippen molar-refractivity contribution in [3.63, 3.8) is 0 Å². The fourth-order valence-electron chi connectivity index (χ4n) is 2.90. The van der Waals surface area contributed by atoms with Gasteiger partial charge in [-0.1, -0.05) is 50.3 Å². The summed E-state index contributed by atoms with van der Waals surface area (Å²) < 4.78 is 26.2. The average Bonchev–Trinajstić information content (AvgIpc) is 2.47. The Labute approximate surface area is 129 Å². The maximum absolute atomic E-state index is 13.1. The zero-order valence-electron chi connectivity index (χ0n) is 12.7. The summed E-state index contributed by atoms with van der Waals surface area (Å²) in [6.07, 6.45) is 5.22. The van der Waals surface area contributed by atoms with Crippen LogP contribution in [0.15, 0.2) is 60.7 Å². The Kier molecular flexibility index (Phi) is 3.69. The second-order valence-electron chi connectivity index (χ2n) is 6.45. The standard InChI is InChI=1S/C20H18F2/c1-20(2)12-16(14-3-7-18(21)8-4-14)11-17(13-20)15-5-9-19(22)10-6-15/h3-12H,13H2,1-2H3. The summed E-state index contributed by atoms with van der Waals surface area (Å²) in [5, 5.41) is 0. The van der Waals surface area contributed by atoms with Gasteiger partial charge in [0, 0.05) is 0 Å². The second kappa shape index (κ2) is 5.53. The molecule has 0 unspecified atom stereocenters. The highest BCUT2D eigenvalue weighted by molar-refractivity contribution is 5.86. The van der Waals surface area contributed by atoms with Gasteiger partial charge in [-0.2, -0.15) is 0 Å². The van der Waals surface area contributed by atoms with Gasteiger partial charge in [0.2, 0.25) is 0 Å². The van der Waals surface area contributed by atoms with Gasteiger partial charge >= 0.3 is 0 Å². The summed E-state index contributed by atoms with van der Waals surface area (Å²) >= 11 is 0. The molecule has 0 nitrogen and oxygen atoms in total. The van der Waals surface area contributed by atoms with Crippen molar-refractivity contribution < 1.29 is 8.78 Å². The highest BCUT2D eigenvalue weighted by Crippen LogP contribution is 2.40. The summed E-state index contributed by atoms with van der Waals surface area (Å²) in [7, 11) is 0. The highest BCUT2D eigenvalue weighted by atomic mass is 19.1. The topological polar surface area (TPSA) is 0 Å². The molecule has 0 bridgehead atoms. The normalized spacial score (nSPS) is 16.9. The first-order valence-electron chi connectivity index (χ1n) is 7.38. The Morgan fingerprint density at radius 2 is 1.27 bits per heavy atom. The Hall–Kier alpha value is -2.22. The maximum Gasteiger partial charge on any atom is 0.123 e. The molecule has 1 aliphatic carbocycles. The lowest BCUT2D eigenvalue weighted by molar-refractivity contribution is 0.494. The van der Waals surface area contributed by atoms with Crippen LogP contribution in [0.1, 0.15) is 31.4 Å². The van der Waals surface area contributed by atoms with E-state index in [9.17, 15) is 8.78 Å². The van der Waals surface area contributed by atoms with Crippen molar-refractivity contribution in [1.29, 1.82) is 0 Å². The molecule has 0 spiro atoms. The van der Waals surface area contributed by atoms with Gasteiger partial charge in [0.1, 0.15) is 11.6 Å². The Morgan fingerprint density at radius 1 is 0.773 bits per heavy atom. The third-order valence-corrected chi connectivity index (χ3v) is 3.91. The minimum Gasteiger partial charge on any atom is -0.207 e. The van der Waals surface area contributed by atoms with Crippen LogP contribution in [-0.2, 0) is 0 Å². The van der Waals surface area contributed by atoms with Crippen molar-refractivity contribution in [3.05, 3.63) is 83.4 Å². The van der Waals surface area contributed by atoms with E-state index >= 15 is 0 Å². The quantitative estimate of drug-likeness (QED) is 0.651. The number of rotatable bonds is 2. The molecule has 2 aromatic carbocycles. The first-order valence-corrected chi connectivity index (χ1v) is 7.38. The monoisotopic (exact) mass is 296 g/mol. The molecular weight excluding hydrogens is 278 g/mol. The van der Waals surface area contributed by atoms with Gasteiger partial charge in [-0.25, -0.2) is 8.78 Å². The lowest BCUT2D eigenvalue weighted by Gasteiger charge is -2.28. The van der Waals surface area contributed by atoms with Crippen LogP contribution in [0.4, 0.5) is 8.78 Å². The molecular formula is C20H18F2. The maximum atomic E-state index is 13.1. The summed E-state index contributed by atoms with van der Waals surface area (Å²) in [5.41, 5.74) is 4.28. The molecule has 3 rings (SSSR count). The van der Waals surface area contributed by atoms with Gasteiger partial charge in [0.15, 0.2) is 0 Å². The van der Waals surface area contributed by atoms with Gasteiger partial charge in [0.05, 0.1) is 0 Å². The van der Waals surface area contributed by atoms with E-state index < -0.39 is 0 Å². The first-order chi connectivity index (χ1) is 10.4. The van der Waals surface area contributed by atoms with Gasteiger partial charge in [-0.05, 0) is 58.4 Å². The van der Waals surface area contributed by atoms with E-state index in [-0.39, 0.29) is 17.0 Å². The Morgan fingerprint density at radius 3 is 1.82 bits per heavy atom. The Bertz CT molecular complexity index is 732. The van der Waals surface area contributed by atoms with Crippen molar-refractivity contribution >= 4 is 11.1 Å². The molecule has 0 aromatic heterocycles.